The standard InChI is InChI=1S/C21H28Cl2O14/c1-6(19(32)37-21-18(31)16(29)14(27)12(5-25)36-21)33-9-2-8(23)10(3-7(9)22)34-20-17(30)15(28)13(26)11(4-24)35-20/h2-3,6,11-18,20-21,24-31H,4-5H2,1H3/t6-,11-,12-,13-,14-,15+,16+,17-,18-,20-,21+/m1/s1. The Balaban J connectivity index is 1.66. The van der Waals surface area contributed by atoms with Crippen molar-refractivity contribution >= 4 is 29.2 Å². The van der Waals surface area contributed by atoms with Crippen LogP contribution in [-0.2, 0) is 19.0 Å². The summed E-state index contributed by atoms with van der Waals surface area (Å²) in [6, 6.07) is 2.33. The van der Waals surface area contributed by atoms with Crippen molar-refractivity contribution in [3.8, 4) is 11.5 Å². The molecule has 0 unspecified atom stereocenters. The van der Waals surface area contributed by atoms with Gasteiger partial charge in [0, 0.05) is 12.1 Å². The second-order valence-corrected chi connectivity index (χ2v) is 9.24. The molecule has 210 valence electrons. The SMILES string of the molecule is C[C@@H](Oc1cc(Cl)c(O[C@@H]2O[C@H](CO)[C@@H](O)[C@H](O)[C@H]2O)cc1Cl)C(=O)O[C@@H]1O[C@H](CO)[C@@H](O)[C@H](O)[C@H]1O. The molecule has 0 aliphatic carbocycles. The number of benzene rings is 1. The van der Waals surface area contributed by atoms with Gasteiger partial charge in [-0.2, -0.15) is 0 Å². The van der Waals surface area contributed by atoms with Crippen molar-refractivity contribution in [3.05, 3.63) is 22.2 Å². The van der Waals surface area contributed by atoms with E-state index in [-0.39, 0.29) is 21.5 Å². The summed E-state index contributed by atoms with van der Waals surface area (Å²) in [6.07, 6.45) is -17.2. The van der Waals surface area contributed by atoms with E-state index in [2.05, 4.69) is 0 Å². The first-order valence-electron chi connectivity index (χ1n) is 11.0. The quantitative estimate of drug-likeness (QED) is 0.148. The number of hydrogen-bond donors (Lipinski definition) is 8. The van der Waals surface area contributed by atoms with Gasteiger partial charge in [-0.05, 0) is 6.92 Å². The van der Waals surface area contributed by atoms with Crippen LogP contribution in [0.3, 0.4) is 0 Å². The lowest BCUT2D eigenvalue weighted by Gasteiger charge is -2.39. The first-order valence-corrected chi connectivity index (χ1v) is 11.8. The molecule has 0 aromatic heterocycles. The summed E-state index contributed by atoms with van der Waals surface area (Å²) in [5, 5.41) is 77.8. The molecule has 1 aromatic carbocycles. The number of aliphatic hydroxyl groups excluding tert-OH is 8. The third kappa shape index (κ3) is 6.55. The van der Waals surface area contributed by atoms with Gasteiger partial charge in [0.2, 0.25) is 12.6 Å². The minimum Gasteiger partial charge on any atom is -0.477 e. The average Bonchev–Trinajstić information content (AvgIpc) is 2.87. The number of rotatable bonds is 8. The maximum atomic E-state index is 12.5. The normalized spacial score (nSPS) is 37.1. The largest absolute Gasteiger partial charge is 0.477 e. The highest BCUT2D eigenvalue weighted by Crippen LogP contribution is 2.38. The Morgan fingerprint density at radius 2 is 1.27 bits per heavy atom. The van der Waals surface area contributed by atoms with Gasteiger partial charge in [-0.1, -0.05) is 23.2 Å². The molecular weight excluding hydrogens is 547 g/mol. The number of halogens is 2. The van der Waals surface area contributed by atoms with Gasteiger partial charge >= 0.3 is 5.97 Å². The smallest absolute Gasteiger partial charge is 0.349 e. The Kier molecular flexibility index (Phi) is 10.2. The Morgan fingerprint density at radius 3 is 1.81 bits per heavy atom. The van der Waals surface area contributed by atoms with Crippen LogP contribution >= 0.6 is 23.2 Å². The lowest BCUT2D eigenvalue weighted by molar-refractivity contribution is -0.294. The minimum atomic E-state index is -1.80. The topological polar surface area (TPSA) is 225 Å². The fraction of sp³-hybridized carbons (Fsp3) is 0.667. The molecule has 11 atom stereocenters. The fourth-order valence-electron chi connectivity index (χ4n) is 3.59. The van der Waals surface area contributed by atoms with Crippen LogP contribution in [0.15, 0.2) is 12.1 Å². The summed E-state index contributed by atoms with van der Waals surface area (Å²) in [7, 11) is 0. The Bertz CT molecular complexity index is 933. The van der Waals surface area contributed by atoms with Gasteiger partial charge in [0.1, 0.15) is 60.3 Å². The Morgan fingerprint density at radius 1 is 0.811 bits per heavy atom. The van der Waals surface area contributed by atoms with Crippen molar-refractivity contribution in [2.75, 3.05) is 13.2 Å². The summed E-state index contributed by atoms with van der Waals surface area (Å²) < 4.78 is 26.3. The van der Waals surface area contributed by atoms with Crippen LogP contribution in [-0.4, -0.2) is 128 Å². The molecule has 0 radical (unpaired) electrons. The molecule has 0 saturated carbocycles. The number of carbonyl (C=O) groups is 1. The second-order valence-electron chi connectivity index (χ2n) is 8.42. The van der Waals surface area contributed by atoms with E-state index >= 15 is 0 Å². The molecule has 16 heteroatoms. The van der Waals surface area contributed by atoms with Crippen LogP contribution in [0, 0.1) is 0 Å². The summed E-state index contributed by atoms with van der Waals surface area (Å²) in [4.78, 5) is 12.5. The van der Waals surface area contributed by atoms with Crippen LogP contribution in [0.5, 0.6) is 11.5 Å². The number of carbonyl (C=O) groups excluding carboxylic acids is 1. The van der Waals surface area contributed by atoms with Gasteiger partial charge in [0.15, 0.2) is 6.10 Å². The third-order valence-corrected chi connectivity index (χ3v) is 6.39. The van der Waals surface area contributed by atoms with Gasteiger partial charge in [0.25, 0.3) is 0 Å². The van der Waals surface area contributed by atoms with Crippen molar-refractivity contribution < 1.29 is 69.3 Å². The predicted molar refractivity (Wildman–Crippen MR) is 121 cm³/mol. The lowest BCUT2D eigenvalue weighted by atomic mass is 9.99. The molecule has 0 spiro atoms. The van der Waals surface area contributed by atoms with Crippen LogP contribution in [0.4, 0.5) is 0 Å². The molecule has 2 saturated heterocycles. The van der Waals surface area contributed by atoms with Crippen molar-refractivity contribution in [1.29, 1.82) is 0 Å². The maximum Gasteiger partial charge on any atom is 0.349 e. The maximum absolute atomic E-state index is 12.5. The minimum absolute atomic E-state index is 0.105. The monoisotopic (exact) mass is 574 g/mol. The van der Waals surface area contributed by atoms with Gasteiger partial charge in [0.05, 0.1) is 23.3 Å². The van der Waals surface area contributed by atoms with Crippen LogP contribution < -0.4 is 9.47 Å². The van der Waals surface area contributed by atoms with E-state index in [1.807, 2.05) is 0 Å². The molecule has 1 aromatic rings. The summed E-state index contributed by atoms with van der Waals surface area (Å²) in [5.74, 6) is -1.29. The van der Waals surface area contributed by atoms with E-state index < -0.39 is 86.7 Å². The van der Waals surface area contributed by atoms with Gasteiger partial charge in [-0.15, -0.1) is 0 Å². The molecule has 0 bridgehead atoms. The van der Waals surface area contributed by atoms with E-state index in [4.69, 9.17) is 46.9 Å². The number of hydrogen-bond acceptors (Lipinski definition) is 14. The third-order valence-electron chi connectivity index (χ3n) is 5.79. The van der Waals surface area contributed by atoms with E-state index in [1.165, 1.54) is 13.0 Å². The molecule has 2 fully saturated rings. The van der Waals surface area contributed by atoms with Crippen molar-refractivity contribution in [2.24, 2.45) is 0 Å². The molecular formula is C21H28Cl2O14. The van der Waals surface area contributed by atoms with Gasteiger partial charge in [-0.3, -0.25) is 0 Å². The highest BCUT2D eigenvalue weighted by molar-refractivity contribution is 6.35. The van der Waals surface area contributed by atoms with Gasteiger partial charge < -0.3 is 64.5 Å². The highest BCUT2D eigenvalue weighted by Gasteiger charge is 2.46. The van der Waals surface area contributed by atoms with Crippen molar-refractivity contribution in [2.45, 2.75) is 74.4 Å². The van der Waals surface area contributed by atoms with Crippen LogP contribution in [0.1, 0.15) is 6.92 Å². The number of esters is 1. The first-order chi connectivity index (χ1) is 17.4. The highest BCUT2D eigenvalue weighted by atomic mass is 35.5. The lowest BCUT2D eigenvalue weighted by Crippen LogP contribution is -2.60. The molecule has 0 amide bonds. The summed E-state index contributed by atoms with van der Waals surface area (Å²) >= 11 is 12.4. The molecule has 8 N–H and O–H groups in total. The van der Waals surface area contributed by atoms with Crippen molar-refractivity contribution in [3.63, 3.8) is 0 Å². The zero-order chi connectivity index (χ0) is 27.6. The summed E-state index contributed by atoms with van der Waals surface area (Å²) in [5.41, 5.74) is 0. The second kappa shape index (κ2) is 12.5. The molecule has 3 rings (SSSR count). The fourth-order valence-corrected chi connectivity index (χ4v) is 3.99. The molecule has 2 heterocycles. The predicted octanol–water partition coefficient (Wildman–Crippen LogP) is -2.72. The molecule has 2 aliphatic heterocycles. The first kappa shape index (κ1) is 30.0. The summed E-state index contributed by atoms with van der Waals surface area (Å²) in [6.45, 7) is -0.102. The van der Waals surface area contributed by atoms with Crippen molar-refractivity contribution in [1.82, 2.24) is 0 Å². The van der Waals surface area contributed by atoms with E-state index in [0.717, 1.165) is 6.07 Å². The number of aliphatic hydroxyl groups is 8. The number of ether oxygens (including phenoxy) is 5. The van der Waals surface area contributed by atoms with Gasteiger partial charge in [-0.25, -0.2) is 4.79 Å². The average molecular weight is 575 g/mol. The zero-order valence-electron chi connectivity index (χ0n) is 19.2. The van der Waals surface area contributed by atoms with E-state index in [1.54, 1.807) is 0 Å². The van der Waals surface area contributed by atoms with E-state index in [0.29, 0.717) is 0 Å². The molecule has 2 aliphatic rings. The molecule has 14 nitrogen and oxygen atoms in total. The van der Waals surface area contributed by atoms with Crippen LogP contribution in [0.2, 0.25) is 10.0 Å². The van der Waals surface area contributed by atoms with Crippen LogP contribution in [0.25, 0.3) is 0 Å². The zero-order valence-corrected chi connectivity index (χ0v) is 20.7. The molecule has 37 heavy (non-hydrogen) atoms. The Labute approximate surface area is 220 Å². The van der Waals surface area contributed by atoms with E-state index in [9.17, 15) is 45.6 Å². The Hall–Kier alpha value is -1.53.